The standard InChI is InChI=1S/C19H24N2O3/c1-15-3-5-16(6-4-15)11-12-20-19(22)21-13-14-24-18-9-7-17(23-2)8-10-18/h3-10H,11-14H2,1-2H3,(H2,20,21,22). The molecular weight excluding hydrogens is 304 g/mol. The van der Waals surface area contributed by atoms with Crippen molar-refractivity contribution in [2.24, 2.45) is 0 Å². The molecule has 2 rings (SSSR count). The summed E-state index contributed by atoms with van der Waals surface area (Å²) in [7, 11) is 1.62. The van der Waals surface area contributed by atoms with Gasteiger partial charge in [-0.25, -0.2) is 4.79 Å². The zero-order valence-corrected chi connectivity index (χ0v) is 14.2. The van der Waals surface area contributed by atoms with Crippen LogP contribution < -0.4 is 20.1 Å². The second-order valence-electron chi connectivity index (χ2n) is 5.44. The van der Waals surface area contributed by atoms with Gasteiger partial charge in [0.25, 0.3) is 0 Å². The predicted molar refractivity (Wildman–Crippen MR) is 94.8 cm³/mol. The number of carbonyl (C=O) groups is 1. The van der Waals surface area contributed by atoms with Gasteiger partial charge in [-0.3, -0.25) is 0 Å². The third-order valence-electron chi connectivity index (χ3n) is 3.54. The van der Waals surface area contributed by atoms with E-state index in [9.17, 15) is 4.79 Å². The molecule has 0 unspecified atom stereocenters. The lowest BCUT2D eigenvalue weighted by Crippen LogP contribution is -2.38. The largest absolute Gasteiger partial charge is 0.497 e. The number of methoxy groups -OCH3 is 1. The van der Waals surface area contributed by atoms with E-state index in [0.717, 1.165) is 17.9 Å². The molecule has 0 bridgehead atoms. The Kier molecular flexibility index (Phi) is 6.95. The highest BCUT2D eigenvalue weighted by atomic mass is 16.5. The quantitative estimate of drug-likeness (QED) is 0.733. The zero-order valence-electron chi connectivity index (χ0n) is 14.2. The van der Waals surface area contributed by atoms with Crippen LogP contribution in [-0.2, 0) is 6.42 Å². The summed E-state index contributed by atoms with van der Waals surface area (Å²) in [6.45, 7) is 3.53. The maximum absolute atomic E-state index is 11.7. The molecule has 2 aromatic rings. The molecule has 0 aliphatic heterocycles. The number of hydrogen-bond acceptors (Lipinski definition) is 3. The summed E-state index contributed by atoms with van der Waals surface area (Å²) < 4.78 is 10.6. The highest BCUT2D eigenvalue weighted by Gasteiger charge is 2.00. The summed E-state index contributed by atoms with van der Waals surface area (Å²) >= 11 is 0. The van der Waals surface area contributed by atoms with E-state index in [1.54, 1.807) is 7.11 Å². The summed E-state index contributed by atoms with van der Waals surface area (Å²) in [6, 6.07) is 15.5. The summed E-state index contributed by atoms with van der Waals surface area (Å²) in [4.78, 5) is 11.7. The Labute approximate surface area is 143 Å². The van der Waals surface area contributed by atoms with Gasteiger partial charge in [0.2, 0.25) is 0 Å². The molecule has 0 atom stereocenters. The van der Waals surface area contributed by atoms with Crippen molar-refractivity contribution in [3.05, 3.63) is 59.7 Å². The van der Waals surface area contributed by atoms with E-state index in [0.29, 0.717) is 19.7 Å². The van der Waals surface area contributed by atoms with Gasteiger partial charge < -0.3 is 20.1 Å². The van der Waals surface area contributed by atoms with E-state index in [-0.39, 0.29) is 6.03 Å². The van der Waals surface area contributed by atoms with Crippen molar-refractivity contribution in [3.63, 3.8) is 0 Å². The number of urea groups is 1. The number of aryl methyl sites for hydroxylation is 1. The van der Waals surface area contributed by atoms with Crippen molar-refractivity contribution >= 4 is 6.03 Å². The normalized spacial score (nSPS) is 10.1. The second kappa shape index (κ2) is 9.45. The Morgan fingerprint density at radius 2 is 1.54 bits per heavy atom. The van der Waals surface area contributed by atoms with Gasteiger partial charge in [-0.1, -0.05) is 29.8 Å². The van der Waals surface area contributed by atoms with Crippen LogP contribution in [0.5, 0.6) is 11.5 Å². The topological polar surface area (TPSA) is 59.6 Å². The Morgan fingerprint density at radius 3 is 2.21 bits per heavy atom. The van der Waals surface area contributed by atoms with Crippen molar-refractivity contribution in [2.75, 3.05) is 26.8 Å². The number of nitrogens with one attached hydrogen (secondary N) is 2. The Bertz CT molecular complexity index is 624. The molecule has 2 amide bonds. The van der Waals surface area contributed by atoms with Gasteiger partial charge in [-0.2, -0.15) is 0 Å². The van der Waals surface area contributed by atoms with E-state index in [1.807, 2.05) is 24.3 Å². The van der Waals surface area contributed by atoms with Crippen LogP contribution in [0.3, 0.4) is 0 Å². The van der Waals surface area contributed by atoms with Crippen molar-refractivity contribution in [1.82, 2.24) is 10.6 Å². The smallest absolute Gasteiger partial charge is 0.314 e. The van der Waals surface area contributed by atoms with Gasteiger partial charge in [-0.05, 0) is 43.2 Å². The van der Waals surface area contributed by atoms with Crippen LogP contribution in [0.2, 0.25) is 0 Å². The van der Waals surface area contributed by atoms with E-state index in [2.05, 4.69) is 41.8 Å². The molecule has 0 saturated heterocycles. The maximum atomic E-state index is 11.7. The highest BCUT2D eigenvalue weighted by molar-refractivity contribution is 5.73. The third-order valence-corrected chi connectivity index (χ3v) is 3.54. The first-order valence-corrected chi connectivity index (χ1v) is 8.01. The molecule has 0 aromatic heterocycles. The summed E-state index contributed by atoms with van der Waals surface area (Å²) in [5.41, 5.74) is 2.45. The molecule has 0 spiro atoms. The van der Waals surface area contributed by atoms with Crippen molar-refractivity contribution in [2.45, 2.75) is 13.3 Å². The molecular formula is C19H24N2O3. The summed E-state index contributed by atoms with van der Waals surface area (Å²) in [6.07, 6.45) is 0.816. The highest BCUT2D eigenvalue weighted by Crippen LogP contribution is 2.16. The minimum Gasteiger partial charge on any atom is -0.497 e. The lowest BCUT2D eigenvalue weighted by Gasteiger charge is -2.09. The fourth-order valence-corrected chi connectivity index (χ4v) is 2.14. The van der Waals surface area contributed by atoms with Gasteiger partial charge in [0, 0.05) is 6.54 Å². The molecule has 128 valence electrons. The van der Waals surface area contributed by atoms with Crippen molar-refractivity contribution < 1.29 is 14.3 Å². The van der Waals surface area contributed by atoms with Crippen molar-refractivity contribution in [3.8, 4) is 11.5 Å². The summed E-state index contributed by atoms with van der Waals surface area (Å²) in [5, 5.41) is 5.61. The van der Waals surface area contributed by atoms with Gasteiger partial charge in [-0.15, -0.1) is 0 Å². The molecule has 2 N–H and O–H groups in total. The fraction of sp³-hybridized carbons (Fsp3) is 0.316. The molecule has 0 radical (unpaired) electrons. The van der Waals surface area contributed by atoms with Crippen LogP contribution >= 0.6 is 0 Å². The van der Waals surface area contributed by atoms with Crippen LogP contribution in [-0.4, -0.2) is 32.8 Å². The molecule has 24 heavy (non-hydrogen) atoms. The minimum atomic E-state index is -0.180. The zero-order chi connectivity index (χ0) is 17.2. The lowest BCUT2D eigenvalue weighted by atomic mass is 10.1. The molecule has 0 aliphatic carbocycles. The molecule has 0 aliphatic rings. The number of benzene rings is 2. The van der Waals surface area contributed by atoms with E-state index >= 15 is 0 Å². The molecule has 5 nitrogen and oxygen atoms in total. The number of hydrogen-bond donors (Lipinski definition) is 2. The molecule has 5 heteroatoms. The van der Waals surface area contributed by atoms with Crippen LogP contribution in [0.4, 0.5) is 4.79 Å². The first-order chi connectivity index (χ1) is 11.7. The van der Waals surface area contributed by atoms with Crippen LogP contribution in [0, 0.1) is 6.92 Å². The van der Waals surface area contributed by atoms with E-state index in [4.69, 9.17) is 9.47 Å². The van der Waals surface area contributed by atoms with Crippen LogP contribution in [0.15, 0.2) is 48.5 Å². The molecule has 0 heterocycles. The molecule has 0 fully saturated rings. The predicted octanol–water partition coefficient (Wildman–Crippen LogP) is 2.92. The van der Waals surface area contributed by atoms with E-state index in [1.165, 1.54) is 11.1 Å². The lowest BCUT2D eigenvalue weighted by molar-refractivity contribution is 0.236. The number of amides is 2. The average molecular weight is 328 g/mol. The summed E-state index contributed by atoms with van der Waals surface area (Å²) in [5.74, 6) is 1.53. The minimum absolute atomic E-state index is 0.180. The third kappa shape index (κ3) is 6.20. The average Bonchev–Trinajstić information content (AvgIpc) is 2.61. The van der Waals surface area contributed by atoms with Gasteiger partial charge >= 0.3 is 6.03 Å². The number of rotatable bonds is 8. The van der Waals surface area contributed by atoms with Crippen LogP contribution in [0.1, 0.15) is 11.1 Å². The van der Waals surface area contributed by atoms with Gasteiger partial charge in [0.15, 0.2) is 0 Å². The number of ether oxygens (including phenoxy) is 2. The van der Waals surface area contributed by atoms with Crippen molar-refractivity contribution in [1.29, 1.82) is 0 Å². The Balaban J connectivity index is 1.56. The maximum Gasteiger partial charge on any atom is 0.314 e. The van der Waals surface area contributed by atoms with Gasteiger partial charge in [0.1, 0.15) is 18.1 Å². The van der Waals surface area contributed by atoms with Crippen LogP contribution in [0.25, 0.3) is 0 Å². The second-order valence-corrected chi connectivity index (χ2v) is 5.44. The van der Waals surface area contributed by atoms with Gasteiger partial charge in [0.05, 0.1) is 13.7 Å². The first kappa shape index (κ1) is 17.7. The molecule has 0 saturated carbocycles. The number of carbonyl (C=O) groups excluding carboxylic acids is 1. The first-order valence-electron chi connectivity index (χ1n) is 8.01. The Morgan fingerprint density at radius 1 is 0.917 bits per heavy atom. The monoisotopic (exact) mass is 328 g/mol. The SMILES string of the molecule is COc1ccc(OCCNC(=O)NCCc2ccc(C)cc2)cc1. The fourth-order valence-electron chi connectivity index (χ4n) is 2.14. The molecule has 2 aromatic carbocycles. The Hall–Kier alpha value is -2.69. The van der Waals surface area contributed by atoms with E-state index < -0.39 is 0 Å².